The number of benzene rings is 2. The van der Waals surface area contributed by atoms with Crippen molar-refractivity contribution in [2.24, 2.45) is 0 Å². The summed E-state index contributed by atoms with van der Waals surface area (Å²) in [4.78, 5) is 13.9. The second-order valence-corrected chi connectivity index (χ2v) is 7.83. The molecule has 3 rings (SSSR count). The lowest BCUT2D eigenvalue weighted by Crippen LogP contribution is -2.40. The van der Waals surface area contributed by atoms with Gasteiger partial charge >= 0.3 is 0 Å². The van der Waals surface area contributed by atoms with Crippen molar-refractivity contribution in [2.45, 2.75) is 12.8 Å². The fourth-order valence-electron chi connectivity index (χ4n) is 2.88. The highest BCUT2D eigenvalue weighted by atomic mass is 32.2. The highest BCUT2D eigenvalue weighted by molar-refractivity contribution is 7.89. The number of rotatable bonds is 6. The van der Waals surface area contributed by atoms with Crippen molar-refractivity contribution in [3.8, 4) is 0 Å². The van der Waals surface area contributed by atoms with E-state index in [1.165, 1.54) is 6.07 Å². The fourth-order valence-corrected chi connectivity index (χ4v) is 3.86. The Labute approximate surface area is 146 Å². The summed E-state index contributed by atoms with van der Waals surface area (Å²) < 4.78 is 40.0. The van der Waals surface area contributed by atoms with E-state index in [1.807, 2.05) is 24.3 Å². The van der Waals surface area contributed by atoms with Gasteiger partial charge in [0.05, 0.1) is 12.3 Å². The van der Waals surface area contributed by atoms with Crippen LogP contribution in [0.2, 0.25) is 0 Å². The minimum Gasteiger partial charge on any atom is -0.311 e. The Morgan fingerprint density at radius 3 is 2.64 bits per heavy atom. The molecule has 132 valence electrons. The number of nitrogens with one attached hydrogen (secondary N) is 1. The van der Waals surface area contributed by atoms with Crippen LogP contribution in [-0.2, 0) is 27.7 Å². The molecule has 1 aliphatic heterocycles. The molecule has 1 heterocycles. The predicted octanol–water partition coefficient (Wildman–Crippen LogP) is 1.88. The number of amides is 1. The summed E-state index contributed by atoms with van der Waals surface area (Å²) in [5.74, 6) is -0.987. The first-order valence-electron chi connectivity index (χ1n) is 8.05. The van der Waals surface area contributed by atoms with E-state index >= 15 is 0 Å². The van der Waals surface area contributed by atoms with Crippen LogP contribution in [0.15, 0.2) is 48.5 Å². The van der Waals surface area contributed by atoms with Crippen molar-refractivity contribution in [3.63, 3.8) is 0 Å². The molecule has 0 saturated heterocycles. The highest BCUT2D eigenvalue weighted by Crippen LogP contribution is 2.27. The van der Waals surface area contributed by atoms with Crippen molar-refractivity contribution >= 4 is 21.6 Å². The fraction of sp³-hybridized carbons (Fsp3) is 0.278. The van der Waals surface area contributed by atoms with Crippen LogP contribution in [-0.4, -0.2) is 33.2 Å². The van der Waals surface area contributed by atoms with E-state index in [0.29, 0.717) is 12.1 Å². The molecular weight excluding hydrogens is 343 g/mol. The van der Waals surface area contributed by atoms with Crippen LogP contribution >= 0.6 is 0 Å². The minimum atomic E-state index is -3.66. The third kappa shape index (κ3) is 4.24. The Balaban J connectivity index is 1.56. The van der Waals surface area contributed by atoms with Gasteiger partial charge in [0.2, 0.25) is 15.9 Å². The Bertz CT molecular complexity index is 883. The number of aryl methyl sites for hydroxylation is 1. The molecule has 0 atom stereocenters. The van der Waals surface area contributed by atoms with E-state index in [4.69, 9.17) is 0 Å². The molecule has 0 bridgehead atoms. The molecule has 0 unspecified atom stereocenters. The zero-order valence-electron chi connectivity index (χ0n) is 13.6. The van der Waals surface area contributed by atoms with Gasteiger partial charge in [0.25, 0.3) is 0 Å². The lowest BCUT2D eigenvalue weighted by molar-refractivity contribution is -0.117. The summed E-state index contributed by atoms with van der Waals surface area (Å²) in [5, 5.41) is 0. The van der Waals surface area contributed by atoms with Crippen molar-refractivity contribution in [2.75, 3.05) is 23.7 Å². The number of carbonyl (C=O) groups excluding carboxylic acids is 1. The molecule has 0 aliphatic carbocycles. The minimum absolute atomic E-state index is 0.0583. The molecule has 2 aromatic rings. The molecule has 1 aliphatic rings. The topological polar surface area (TPSA) is 66.5 Å². The van der Waals surface area contributed by atoms with Gasteiger partial charge in [-0.2, -0.15) is 0 Å². The molecule has 0 saturated carbocycles. The second-order valence-electron chi connectivity index (χ2n) is 5.91. The molecule has 2 aromatic carbocycles. The van der Waals surface area contributed by atoms with Gasteiger partial charge in [0.15, 0.2) is 0 Å². The van der Waals surface area contributed by atoms with Crippen LogP contribution in [0.3, 0.4) is 0 Å². The molecule has 1 N–H and O–H groups in total. The summed E-state index contributed by atoms with van der Waals surface area (Å²) in [6, 6.07) is 13.6. The van der Waals surface area contributed by atoms with Gasteiger partial charge < -0.3 is 4.90 Å². The number of hydrogen-bond donors (Lipinski definition) is 1. The van der Waals surface area contributed by atoms with E-state index in [0.717, 1.165) is 17.7 Å². The van der Waals surface area contributed by atoms with Crippen molar-refractivity contribution < 1.29 is 17.6 Å². The van der Waals surface area contributed by atoms with E-state index in [1.54, 1.807) is 23.1 Å². The van der Waals surface area contributed by atoms with Crippen LogP contribution in [0.4, 0.5) is 10.1 Å². The maximum Gasteiger partial charge on any atom is 0.242 e. The first-order valence-corrected chi connectivity index (χ1v) is 9.70. The normalized spacial score (nSPS) is 13.7. The van der Waals surface area contributed by atoms with Gasteiger partial charge in [-0.25, -0.2) is 17.5 Å². The quantitative estimate of drug-likeness (QED) is 0.853. The lowest BCUT2D eigenvalue weighted by atomic mass is 10.2. The van der Waals surface area contributed by atoms with E-state index < -0.39 is 15.8 Å². The standard InChI is InChI=1S/C18H19FN2O3S/c19-16-7-3-1-5-14(16)10-12-25(23,24)20-13-18(22)21-11-9-15-6-2-4-8-17(15)21/h1-8,20H,9-13H2. The average Bonchev–Trinajstić information content (AvgIpc) is 3.03. The number of halogens is 1. The van der Waals surface area contributed by atoms with E-state index in [9.17, 15) is 17.6 Å². The number of nitrogens with zero attached hydrogens (tertiary/aromatic N) is 1. The van der Waals surface area contributed by atoms with Crippen LogP contribution < -0.4 is 9.62 Å². The monoisotopic (exact) mass is 362 g/mol. The van der Waals surface area contributed by atoms with Crippen LogP contribution in [0.1, 0.15) is 11.1 Å². The highest BCUT2D eigenvalue weighted by Gasteiger charge is 2.25. The number of hydrogen-bond acceptors (Lipinski definition) is 3. The number of carbonyl (C=O) groups is 1. The first kappa shape index (κ1) is 17.6. The summed E-state index contributed by atoms with van der Waals surface area (Å²) >= 11 is 0. The largest absolute Gasteiger partial charge is 0.311 e. The zero-order chi connectivity index (χ0) is 17.9. The second kappa shape index (κ2) is 7.33. The predicted molar refractivity (Wildman–Crippen MR) is 94.4 cm³/mol. The lowest BCUT2D eigenvalue weighted by Gasteiger charge is -2.17. The molecule has 0 radical (unpaired) electrons. The Morgan fingerprint density at radius 2 is 1.84 bits per heavy atom. The van der Waals surface area contributed by atoms with Crippen molar-refractivity contribution in [3.05, 3.63) is 65.5 Å². The van der Waals surface area contributed by atoms with Crippen LogP contribution in [0.25, 0.3) is 0 Å². The van der Waals surface area contributed by atoms with Gasteiger partial charge in [-0.15, -0.1) is 0 Å². The number of anilines is 1. The number of sulfonamides is 1. The molecule has 0 spiro atoms. The summed E-state index contributed by atoms with van der Waals surface area (Å²) in [5.41, 5.74) is 2.25. The van der Waals surface area contributed by atoms with Gasteiger partial charge in [0, 0.05) is 12.2 Å². The summed E-state index contributed by atoms with van der Waals surface area (Å²) in [6.07, 6.45) is 0.824. The number of fused-ring (bicyclic) bond motifs is 1. The molecule has 0 fully saturated rings. The SMILES string of the molecule is O=C(CNS(=O)(=O)CCc1ccccc1F)N1CCc2ccccc21. The van der Waals surface area contributed by atoms with E-state index in [-0.39, 0.29) is 24.6 Å². The number of para-hydroxylation sites is 1. The third-order valence-corrected chi connectivity index (χ3v) is 5.56. The molecule has 1 amide bonds. The van der Waals surface area contributed by atoms with Crippen molar-refractivity contribution in [1.82, 2.24) is 4.72 Å². The van der Waals surface area contributed by atoms with Crippen LogP contribution in [0, 0.1) is 5.82 Å². The molecule has 7 heteroatoms. The molecule has 0 aromatic heterocycles. The maximum atomic E-state index is 13.5. The Kier molecular flexibility index (Phi) is 5.15. The Hall–Kier alpha value is -2.25. The summed E-state index contributed by atoms with van der Waals surface area (Å²) in [6.45, 7) is 0.253. The molecular formula is C18H19FN2O3S. The summed E-state index contributed by atoms with van der Waals surface area (Å²) in [7, 11) is -3.66. The average molecular weight is 362 g/mol. The molecule has 25 heavy (non-hydrogen) atoms. The van der Waals surface area contributed by atoms with Gasteiger partial charge in [-0.05, 0) is 36.1 Å². The van der Waals surface area contributed by atoms with Gasteiger partial charge in [0.1, 0.15) is 5.82 Å². The van der Waals surface area contributed by atoms with Gasteiger partial charge in [-0.1, -0.05) is 36.4 Å². The van der Waals surface area contributed by atoms with Crippen LogP contribution in [0.5, 0.6) is 0 Å². The maximum absolute atomic E-state index is 13.5. The van der Waals surface area contributed by atoms with Crippen molar-refractivity contribution in [1.29, 1.82) is 0 Å². The van der Waals surface area contributed by atoms with E-state index in [2.05, 4.69) is 4.72 Å². The van der Waals surface area contributed by atoms with Gasteiger partial charge in [-0.3, -0.25) is 4.79 Å². The Morgan fingerprint density at radius 1 is 1.12 bits per heavy atom. The molecule has 5 nitrogen and oxygen atoms in total. The smallest absolute Gasteiger partial charge is 0.242 e. The third-order valence-electron chi connectivity index (χ3n) is 4.23. The first-order chi connectivity index (χ1) is 12.0. The zero-order valence-corrected chi connectivity index (χ0v) is 14.4.